The third-order valence-corrected chi connectivity index (χ3v) is 10.4. The van der Waals surface area contributed by atoms with E-state index >= 15 is 0 Å². The van der Waals surface area contributed by atoms with Crippen molar-refractivity contribution in [2.75, 3.05) is 0 Å². The van der Waals surface area contributed by atoms with E-state index in [1.807, 2.05) is 41.7 Å². The molecule has 1 aliphatic rings. The van der Waals surface area contributed by atoms with Crippen LogP contribution < -0.4 is 0 Å². The van der Waals surface area contributed by atoms with Gasteiger partial charge in [-0.05, 0) is 76.4 Å². The molecule has 1 aliphatic carbocycles. The average molecular weight is 608 g/mol. The van der Waals surface area contributed by atoms with Crippen LogP contribution in [0.3, 0.4) is 0 Å². The highest BCUT2D eigenvalue weighted by atomic mass is 32.1. The van der Waals surface area contributed by atoms with E-state index in [1.165, 1.54) is 42.1 Å². The first kappa shape index (κ1) is 25.7. The van der Waals surface area contributed by atoms with Crippen LogP contribution in [0.15, 0.2) is 126 Å². The molecule has 6 aromatic carbocycles. The Morgan fingerprint density at radius 3 is 2.30 bits per heavy atom. The Bertz CT molecular complexity index is 2700. The van der Waals surface area contributed by atoms with E-state index in [4.69, 9.17) is 19.4 Å². The quantitative estimate of drug-likeness (QED) is 0.188. The van der Waals surface area contributed by atoms with E-state index < -0.39 is 0 Å². The molecule has 0 spiro atoms. The summed E-state index contributed by atoms with van der Waals surface area (Å²) >= 11 is 1.86. The Morgan fingerprint density at radius 1 is 0.587 bits per heavy atom. The lowest BCUT2D eigenvalue weighted by Gasteiger charge is -2.09. The van der Waals surface area contributed by atoms with Crippen molar-refractivity contribution >= 4 is 71.0 Å². The number of hydrogen-bond donors (Lipinski definition) is 0. The molecule has 0 saturated heterocycles. The van der Waals surface area contributed by atoms with Gasteiger partial charge in [-0.25, -0.2) is 15.0 Å². The van der Waals surface area contributed by atoms with Crippen LogP contribution in [0.4, 0.5) is 0 Å². The first-order valence-corrected chi connectivity index (χ1v) is 16.4. The molecule has 0 saturated carbocycles. The zero-order chi connectivity index (χ0) is 30.2. The van der Waals surface area contributed by atoms with Crippen molar-refractivity contribution in [3.8, 4) is 34.2 Å². The van der Waals surface area contributed by atoms with Crippen molar-refractivity contribution < 1.29 is 4.42 Å². The van der Waals surface area contributed by atoms with E-state index in [-0.39, 0.29) is 0 Å². The lowest BCUT2D eigenvalue weighted by Crippen LogP contribution is -2.00. The van der Waals surface area contributed by atoms with Crippen molar-refractivity contribution in [3.05, 3.63) is 132 Å². The monoisotopic (exact) mass is 607 g/mol. The van der Waals surface area contributed by atoms with E-state index in [1.54, 1.807) is 0 Å². The molecule has 216 valence electrons. The van der Waals surface area contributed by atoms with Gasteiger partial charge in [0.1, 0.15) is 11.2 Å². The normalized spacial score (nSPS) is 13.0. The largest absolute Gasteiger partial charge is 0.455 e. The number of hydrogen-bond acceptors (Lipinski definition) is 5. The van der Waals surface area contributed by atoms with Crippen LogP contribution >= 0.6 is 11.3 Å². The summed E-state index contributed by atoms with van der Waals surface area (Å²) in [4.78, 5) is 16.6. The highest BCUT2D eigenvalue weighted by molar-refractivity contribution is 7.20. The summed E-state index contributed by atoms with van der Waals surface area (Å²) in [6.45, 7) is 0. The van der Waals surface area contributed by atoms with Crippen LogP contribution in [0.25, 0.3) is 93.8 Å². The maximum atomic E-state index is 6.69. The van der Waals surface area contributed by atoms with Crippen molar-refractivity contribution in [2.24, 2.45) is 0 Å². The molecular formula is C41H25N3OS. The summed E-state index contributed by atoms with van der Waals surface area (Å²) in [5.41, 5.74) is 5.84. The minimum Gasteiger partial charge on any atom is -0.455 e. The Hall–Kier alpha value is -5.65. The molecule has 5 heteroatoms. The predicted molar refractivity (Wildman–Crippen MR) is 191 cm³/mol. The van der Waals surface area contributed by atoms with E-state index in [9.17, 15) is 0 Å². The van der Waals surface area contributed by atoms with Crippen molar-refractivity contribution in [2.45, 2.75) is 12.8 Å². The molecule has 0 aliphatic heterocycles. The molecule has 0 bridgehead atoms. The second kappa shape index (κ2) is 9.93. The average Bonchev–Trinajstić information content (AvgIpc) is 3.70. The summed E-state index contributed by atoms with van der Waals surface area (Å²) < 4.78 is 7.99. The van der Waals surface area contributed by atoms with Crippen LogP contribution in [0.1, 0.15) is 16.9 Å². The van der Waals surface area contributed by atoms with Gasteiger partial charge in [0.25, 0.3) is 0 Å². The summed E-state index contributed by atoms with van der Waals surface area (Å²) in [6.07, 6.45) is 6.67. The standard InChI is InChI=1S/C41H25N3OS/c1-2-10-26(11-3-1)39-42-40(27-20-22-35-32(23-27)29-13-6-7-16-34(29)46-35)44-41(43-39)31-15-8-14-30-37-33(45-38(30)31)21-19-25-18-17-24-9-4-5-12-28(24)36(25)37/h1-5,7-12,14-23H,6,13H2. The minimum atomic E-state index is 0.595. The number of thiophene rings is 1. The molecule has 3 heterocycles. The first-order chi connectivity index (χ1) is 22.8. The first-order valence-electron chi connectivity index (χ1n) is 15.6. The second-order valence-electron chi connectivity index (χ2n) is 11.9. The van der Waals surface area contributed by atoms with Crippen LogP contribution in [-0.4, -0.2) is 15.0 Å². The lowest BCUT2D eigenvalue weighted by molar-refractivity contribution is 0.670. The topological polar surface area (TPSA) is 51.8 Å². The number of allylic oxidation sites excluding steroid dienone is 1. The van der Waals surface area contributed by atoms with Crippen molar-refractivity contribution in [1.82, 2.24) is 15.0 Å². The summed E-state index contributed by atoms with van der Waals surface area (Å²) in [5.74, 6) is 1.89. The van der Waals surface area contributed by atoms with Crippen molar-refractivity contribution in [3.63, 3.8) is 0 Å². The van der Waals surface area contributed by atoms with Gasteiger partial charge < -0.3 is 4.42 Å². The molecule has 4 nitrogen and oxygen atoms in total. The summed E-state index contributed by atoms with van der Waals surface area (Å²) in [6, 6.07) is 40.2. The number of nitrogens with zero attached hydrogens (tertiary/aromatic N) is 3. The zero-order valence-electron chi connectivity index (χ0n) is 24.7. The Labute approximate surface area is 268 Å². The Balaban J connectivity index is 1.23. The van der Waals surface area contributed by atoms with E-state index in [0.29, 0.717) is 17.5 Å². The zero-order valence-corrected chi connectivity index (χ0v) is 25.5. The molecule has 10 rings (SSSR count). The van der Waals surface area contributed by atoms with Gasteiger partial charge in [0.2, 0.25) is 0 Å². The fourth-order valence-electron chi connectivity index (χ4n) is 7.02. The van der Waals surface area contributed by atoms with Gasteiger partial charge in [-0.1, -0.05) is 91.0 Å². The Kier molecular flexibility index (Phi) is 5.54. The molecule has 0 atom stereocenters. The van der Waals surface area contributed by atoms with Crippen LogP contribution in [0.2, 0.25) is 0 Å². The molecule has 0 unspecified atom stereocenters. The summed E-state index contributed by atoms with van der Waals surface area (Å²) in [5, 5.41) is 8.28. The third-order valence-electron chi connectivity index (χ3n) is 9.19. The van der Waals surface area contributed by atoms with Crippen LogP contribution in [-0.2, 0) is 6.42 Å². The molecule has 3 aromatic heterocycles. The Morgan fingerprint density at radius 2 is 1.37 bits per heavy atom. The van der Waals surface area contributed by atoms with Gasteiger partial charge >= 0.3 is 0 Å². The minimum absolute atomic E-state index is 0.595. The maximum Gasteiger partial charge on any atom is 0.167 e. The predicted octanol–water partition coefficient (Wildman–Crippen LogP) is 11.3. The third kappa shape index (κ3) is 3.88. The van der Waals surface area contributed by atoms with E-state index in [0.717, 1.165) is 51.5 Å². The van der Waals surface area contributed by atoms with Gasteiger partial charge in [-0.2, -0.15) is 0 Å². The van der Waals surface area contributed by atoms with Gasteiger partial charge in [-0.3, -0.25) is 0 Å². The van der Waals surface area contributed by atoms with Crippen LogP contribution in [0, 0.1) is 0 Å². The van der Waals surface area contributed by atoms with Gasteiger partial charge in [0.15, 0.2) is 17.5 Å². The molecule has 0 N–H and O–H groups in total. The van der Waals surface area contributed by atoms with E-state index in [2.05, 4.69) is 97.1 Å². The smallest absolute Gasteiger partial charge is 0.167 e. The molecule has 0 fully saturated rings. The number of para-hydroxylation sites is 1. The van der Waals surface area contributed by atoms with Gasteiger partial charge in [-0.15, -0.1) is 11.3 Å². The number of aryl methyl sites for hydroxylation is 1. The van der Waals surface area contributed by atoms with Gasteiger partial charge in [0.05, 0.1) is 5.56 Å². The number of aromatic nitrogens is 3. The molecular weight excluding hydrogens is 583 g/mol. The molecule has 0 amide bonds. The highest BCUT2D eigenvalue weighted by Gasteiger charge is 2.20. The fourth-order valence-corrected chi connectivity index (χ4v) is 8.18. The maximum absolute atomic E-state index is 6.69. The number of furan rings is 1. The number of rotatable bonds is 3. The van der Waals surface area contributed by atoms with Crippen LogP contribution in [0.5, 0.6) is 0 Å². The number of fused-ring (bicyclic) bond motifs is 10. The molecule has 46 heavy (non-hydrogen) atoms. The summed E-state index contributed by atoms with van der Waals surface area (Å²) in [7, 11) is 0. The lowest BCUT2D eigenvalue weighted by atomic mass is 9.97. The van der Waals surface area contributed by atoms with Gasteiger partial charge in [0, 0.05) is 36.9 Å². The highest BCUT2D eigenvalue weighted by Crippen LogP contribution is 2.42. The fraction of sp³-hybridized carbons (Fsp3) is 0.0488. The second-order valence-corrected chi connectivity index (χ2v) is 13.0. The molecule has 0 radical (unpaired) electrons. The SMILES string of the molecule is C1=Cc2sc3ccc(-c4nc(-c5ccccc5)nc(-c5cccc6c5oc5ccc7ccc8ccccc8c7c56)n4)cc3c2CC1. The number of benzene rings is 6. The molecule has 9 aromatic rings. The van der Waals surface area contributed by atoms with Crippen molar-refractivity contribution in [1.29, 1.82) is 0 Å².